The summed E-state index contributed by atoms with van der Waals surface area (Å²) < 4.78 is 12.7. The van der Waals surface area contributed by atoms with Crippen LogP contribution in [0.1, 0.15) is 50.3 Å². The van der Waals surface area contributed by atoms with Crippen LogP contribution in [0.25, 0.3) is 0 Å². The van der Waals surface area contributed by atoms with Gasteiger partial charge in [0.1, 0.15) is 23.7 Å². The molecular formula is C37H43N3O7. The molecule has 3 amide bonds. The van der Waals surface area contributed by atoms with Crippen LogP contribution in [-0.4, -0.2) is 82.1 Å². The second-order valence-corrected chi connectivity index (χ2v) is 12.9. The summed E-state index contributed by atoms with van der Waals surface area (Å²) in [5.74, 6) is -3.73. The van der Waals surface area contributed by atoms with E-state index in [1.165, 1.54) is 4.90 Å². The molecule has 2 aromatic rings. The van der Waals surface area contributed by atoms with Crippen molar-refractivity contribution in [3.05, 3.63) is 96.1 Å². The van der Waals surface area contributed by atoms with Crippen molar-refractivity contribution in [2.45, 2.75) is 69.5 Å². The number of rotatable bonds is 7. The van der Waals surface area contributed by atoms with E-state index < -0.39 is 53.6 Å². The quantitative estimate of drug-likeness (QED) is 0.351. The lowest BCUT2D eigenvalue weighted by Gasteiger charge is -2.40. The normalized spacial score (nSPS) is 31.3. The number of carbonyl (C=O) groups excluding carboxylic acids is 4. The Hall–Kier alpha value is -4.28. The number of esters is 1. The van der Waals surface area contributed by atoms with Crippen molar-refractivity contribution >= 4 is 23.7 Å². The Morgan fingerprint density at radius 3 is 2.43 bits per heavy atom. The molecule has 0 aromatic heterocycles. The smallest absolute Gasteiger partial charge is 0.313 e. The van der Waals surface area contributed by atoms with Gasteiger partial charge >= 0.3 is 5.97 Å². The van der Waals surface area contributed by atoms with Crippen molar-refractivity contribution in [3.8, 4) is 0 Å². The minimum Gasteiger partial charge on any atom is -0.455 e. The maximum atomic E-state index is 14.9. The number of allylic oxidation sites excluding steroid dienone is 1. The molecular weight excluding hydrogens is 598 g/mol. The van der Waals surface area contributed by atoms with Crippen molar-refractivity contribution < 1.29 is 33.8 Å². The Labute approximate surface area is 275 Å². The van der Waals surface area contributed by atoms with Gasteiger partial charge in [0.2, 0.25) is 17.7 Å². The zero-order valence-electron chi connectivity index (χ0n) is 26.9. The van der Waals surface area contributed by atoms with Crippen molar-refractivity contribution in [1.29, 1.82) is 0 Å². The van der Waals surface area contributed by atoms with E-state index >= 15 is 0 Å². The molecule has 2 aromatic carbocycles. The summed E-state index contributed by atoms with van der Waals surface area (Å²) in [6.07, 6.45) is 7.05. The first-order valence-electron chi connectivity index (χ1n) is 16.6. The lowest BCUT2D eigenvalue weighted by molar-refractivity contribution is -0.161. The highest BCUT2D eigenvalue weighted by Crippen LogP contribution is 2.56. The monoisotopic (exact) mass is 641 g/mol. The number of likely N-dealkylation sites (tertiary alicyclic amines) is 1. The third-order valence-corrected chi connectivity index (χ3v) is 10.1. The highest BCUT2D eigenvalue weighted by atomic mass is 16.6. The molecule has 10 heteroatoms. The van der Waals surface area contributed by atoms with E-state index in [4.69, 9.17) is 9.47 Å². The molecule has 6 rings (SSSR count). The van der Waals surface area contributed by atoms with Crippen molar-refractivity contribution in [1.82, 2.24) is 15.1 Å². The molecule has 0 radical (unpaired) electrons. The molecule has 2 saturated heterocycles. The summed E-state index contributed by atoms with van der Waals surface area (Å²) in [6.45, 7) is 4.15. The zero-order valence-corrected chi connectivity index (χ0v) is 26.9. The molecule has 0 saturated carbocycles. The molecule has 47 heavy (non-hydrogen) atoms. The third kappa shape index (κ3) is 6.12. The number of carbonyl (C=O) groups is 4. The first-order valence-corrected chi connectivity index (χ1v) is 16.6. The molecule has 4 heterocycles. The molecule has 0 aliphatic carbocycles. The molecule has 2 N–H and O–H groups in total. The molecule has 2 fully saturated rings. The van der Waals surface area contributed by atoms with Gasteiger partial charge in [0.05, 0.1) is 31.2 Å². The second-order valence-electron chi connectivity index (χ2n) is 12.9. The van der Waals surface area contributed by atoms with E-state index in [0.717, 1.165) is 5.56 Å². The Kier molecular flexibility index (Phi) is 9.61. The summed E-state index contributed by atoms with van der Waals surface area (Å²) in [4.78, 5) is 59.7. The lowest BCUT2D eigenvalue weighted by Crippen LogP contribution is -2.59. The lowest BCUT2D eigenvalue weighted by atomic mass is 9.74. The first kappa shape index (κ1) is 32.7. The largest absolute Gasteiger partial charge is 0.455 e. The number of nitrogens with one attached hydrogen (secondary N) is 1. The average molecular weight is 642 g/mol. The molecule has 10 nitrogen and oxygen atoms in total. The first-order chi connectivity index (χ1) is 22.8. The fourth-order valence-electron chi connectivity index (χ4n) is 7.48. The van der Waals surface area contributed by atoms with E-state index in [1.54, 1.807) is 17.1 Å². The van der Waals surface area contributed by atoms with E-state index in [1.807, 2.05) is 86.7 Å². The minimum absolute atomic E-state index is 0.0643. The van der Waals surface area contributed by atoms with Crippen LogP contribution in [0.5, 0.6) is 0 Å². The van der Waals surface area contributed by atoms with Gasteiger partial charge in [-0.1, -0.05) is 105 Å². The SMILES string of the molecule is CC[C@H](C)[C@H](CO)N1C(=O)[C@@H]2[C@H]3C(=O)O[C@@H](c4ccccc4)CNC(=O)CC/C=C\CN(Cc4ccccc4)C(=O)[C@@H]1[C@]21C=C[C@H]3O1. The van der Waals surface area contributed by atoms with Gasteiger partial charge in [0.15, 0.2) is 0 Å². The predicted octanol–water partition coefficient (Wildman–Crippen LogP) is 3.32. The summed E-state index contributed by atoms with van der Waals surface area (Å²) in [5, 5.41) is 13.6. The van der Waals surface area contributed by atoms with Gasteiger partial charge in [-0.05, 0) is 23.5 Å². The number of nitrogens with zero attached hydrogens (tertiary/aromatic N) is 2. The Balaban J connectivity index is 1.44. The van der Waals surface area contributed by atoms with Gasteiger partial charge < -0.3 is 29.7 Å². The van der Waals surface area contributed by atoms with Crippen LogP contribution in [0.3, 0.4) is 0 Å². The van der Waals surface area contributed by atoms with E-state index in [-0.39, 0.29) is 50.4 Å². The average Bonchev–Trinajstić information content (AvgIpc) is 3.74. The predicted molar refractivity (Wildman–Crippen MR) is 173 cm³/mol. The molecule has 248 valence electrons. The molecule has 1 spiro atoms. The number of ether oxygens (including phenoxy) is 2. The van der Waals surface area contributed by atoms with Gasteiger partial charge in [-0.3, -0.25) is 19.2 Å². The number of hydrogen-bond donors (Lipinski definition) is 2. The highest BCUT2D eigenvalue weighted by molar-refractivity contribution is 5.99. The fourth-order valence-corrected chi connectivity index (χ4v) is 7.48. The summed E-state index contributed by atoms with van der Waals surface area (Å²) >= 11 is 0. The van der Waals surface area contributed by atoms with E-state index in [0.29, 0.717) is 18.4 Å². The van der Waals surface area contributed by atoms with Crippen LogP contribution >= 0.6 is 0 Å². The molecule has 5 bridgehead atoms. The van der Waals surface area contributed by atoms with Crippen LogP contribution in [0, 0.1) is 17.8 Å². The number of benzene rings is 2. The number of aliphatic hydroxyl groups is 1. The minimum atomic E-state index is -1.41. The number of amides is 3. The molecule has 4 aliphatic heterocycles. The van der Waals surface area contributed by atoms with E-state index in [2.05, 4.69) is 5.32 Å². The van der Waals surface area contributed by atoms with Gasteiger partial charge in [-0.15, -0.1) is 0 Å². The Morgan fingerprint density at radius 1 is 1.00 bits per heavy atom. The van der Waals surface area contributed by atoms with Gasteiger partial charge in [0, 0.05) is 19.5 Å². The number of hydrogen-bond acceptors (Lipinski definition) is 7. The summed E-state index contributed by atoms with van der Waals surface area (Å²) in [5.41, 5.74) is 0.201. The number of cyclic esters (lactones) is 1. The van der Waals surface area contributed by atoms with Gasteiger partial charge in [-0.25, -0.2) is 0 Å². The number of aliphatic hydroxyl groups excluding tert-OH is 1. The van der Waals surface area contributed by atoms with Crippen LogP contribution in [0.15, 0.2) is 85.0 Å². The third-order valence-electron chi connectivity index (χ3n) is 10.1. The second kappa shape index (κ2) is 13.8. The van der Waals surface area contributed by atoms with Gasteiger partial charge in [0.25, 0.3) is 0 Å². The zero-order chi connectivity index (χ0) is 33.1. The van der Waals surface area contributed by atoms with Crippen molar-refractivity contribution in [3.63, 3.8) is 0 Å². The van der Waals surface area contributed by atoms with Crippen LogP contribution in [0.4, 0.5) is 0 Å². The topological polar surface area (TPSA) is 125 Å². The van der Waals surface area contributed by atoms with Crippen molar-refractivity contribution in [2.75, 3.05) is 19.7 Å². The molecule has 0 unspecified atom stereocenters. The summed E-state index contributed by atoms with van der Waals surface area (Å²) in [7, 11) is 0. The summed E-state index contributed by atoms with van der Waals surface area (Å²) in [6, 6.07) is 17.0. The standard InChI is InChI=1S/C37H43N3O7/c1-3-24(2)27(23-41)40-33-35(44)39(22-25-13-7-4-8-14-25)20-12-6-11-17-30(42)38-21-29(26-15-9-5-10-16-26)46-36(45)31-28-18-19-37(33,47-28)32(31)34(40)43/h4-10,12-16,18-19,24,27-29,31-33,41H,3,11,17,20-23H2,1-2H3,(H,38,42)/b12-6-/t24-,27-,28+,29+,31-,32-,33+,37-/m0/s1. The van der Waals surface area contributed by atoms with Crippen LogP contribution in [0.2, 0.25) is 0 Å². The Morgan fingerprint density at radius 2 is 1.72 bits per heavy atom. The van der Waals surface area contributed by atoms with Gasteiger partial charge in [-0.2, -0.15) is 0 Å². The van der Waals surface area contributed by atoms with Crippen LogP contribution < -0.4 is 5.32 Å². The molecule has 4 aliphatic rings. The van der Waals surface area contributed by atoms with Crippen molar-refractivity contribution in [2.24, 2.45) is 17.8 Å². The maximum Gasteiger partial charge on any atom is 0.313 e. The Bertz CT molecular complexity index is 1530. The molecule has 8 atom stereocenters. The maximum absolute atomic E-state index is 14.9. The number of fused-ring (bicyclic) bond motifs is 2. The fraction of sp³-hybridized carbons (Fsp3) is 0.459. The van der Waals surface area contributed by atoms with E-state index in [9.17, 15) is 24.3 Å². The van der Waals surface area contributed by atoms with Crippen LogP contribution in [-0.2, 0) is 35.2 Å². The highest BCUT2D eigenvalue weighted by Gasteiger charge is 2.74.